The van der Waals surface area contributed by atoms with Crippen molar-refractivity contribution in [2.24, 2.45) is 0 Å². The molecular weight excluding hydrogens is 379 g/mol. The van der Waals surface area contributed by atoms with Crippen LogP contribution in [0.15, 0.2) is 22.8 Å². The molecule has 0 atom stereocenters. The van der Waals surface area contributed by atoms with Crippen molar-refractivity contribution in [1.29, 1.82) is 0 Å². The molecule has 0 saturated heterocycles. The van der Waals surface area contributed by atoms with Gasteiger partial charge in [0.2, 0.25) is 11.3 Å². The first kappa shape index (κ1) is 19.6. The molecule has 0 spiro atoms. The summed E-state index contributed by atoms with van der Waals surface area (Å²) in [7, 11) is 0. The summed E-state index contributed by atoms with van der Waals surface area (Å²) in [4.78, 5) is 7.64. The van der Waals surface area contributed by atoms with E-state index in [1.165, 1.54) is 12.1 Å². The number of benzene rings is 1. The number of aromatic hydroxyl groups is 1. The molecular formula is C17H18F3N5O3. The van der Waals surface area contributed by atoms with Gasteiger partial charge in [-0.05, 0) is 40.9 Å². The van der Waals surface area contributed by atoms with E-state index >= 15 is 0 Å². The maximum absolute atomic E-state index is 12.8. The fourth-order valence-corrected chi connectivity index (χ4v) is 2.63. The van der Waals surface area contributed by atoms with Gasteiger partial charge in [-0.3, -0.25) is 0 Å². The molecule has 0 fully saturated rings. The second kappa shape index (κ2) is 8.28. The summed E-state index contributed by atoms with van der Waals surface area (Å²) in [6.07, 6.45) is -0.222. The van der Waals surface area contributed by atoms with Crippen LogP contribution in [0.2, 0.25) is 0 Å². The molecule has 0 aliphatic rings. The standard InChI is InChI=1S/C17H18F3N5O3/c1-2-3-4-5-6-10-7-8-11(12(9-10)27-17(18,19)20)21-15-16(26)23-14-13(22-15)24-28-25-14/h7-9H,2-6H2,1H3,(H,21,22,24)(H,23,25,26). The van der Waals surface area contributed by atoms with Crippen LogP contribution in [0, 0.1) is 0 Å². The predicted octanol–water partition coefficient (Wildman–Crippen LogP) is 4.48. The molecule has 2 N–H and O–H groups in total. The molecule has 8 nitrogen and oxygen atoms in total. The van der Waals surface area contributed by atoms with Crippen molar-refractivity contribution < 1.29 is 27.6 Å². The van der Waals surface area contributed by atoms with Crippen LogP contribution in [0.4, 0.5) is 24.7 Å². The van der Waals surface area contributed by atoms with E-state index in [2.05, 4.69) is 41.9 Å². The minimum Gasteiger partial charge on any atom is -0.491 e. The SMILES string of the molecule is CCCCCCc1ccc(Nc2nc3nonc3nc2O)c(OC(F)(F)F)c1. The number of aryl methyl sites for hydroxylation is 1. The van der Waals surface area contributed by atoms with Gasteiger partial charge in [0.15, 0.2) is 11.6 Å². The number of hydrogen-bond donors (Lipinski definition) is 2. The predicted molar refractivity (Wildman–Crippen MR) is 93.3 cm³/mol. The number of hydrogen-bond acceptors (Lipinski definition) is 8. The summed E-state index contributed by atoms with van der Waals surface area (Å²) >= 11 is 0. The summed E-state index contributed by atoms with van der Waals surface area (Å²) in [5, 5.41) is 19.4. The summed E-state index contributed by atoms with van der Waals surface area (Å²) in [5.74, 6) is -1.20. The number of ether oxygens (including phenoxy) is 1. The second-order valence-corrected chi connectivity index (χ2v) is 6.12. The van der Waals surface area contributed by atoms with Crippen molar-refractivity contribution in [2.45, 2.75) is 45.4 Å². The van der Waals surface area contributed by atoms with Gasteiger partial charge in [-0.1, -0.05) is 32.3 Å². The Labute approximate surface area is 157 Å². The molecule has 0 saturated carbocycles. The lowest BCUT2D eigenvalue weighted by Gasteiger charge is -2.16. The third-order valence-electron chi connectivity index (χ3n) is 3.94. The van der Waals surface area contributed by atoms with Crippen molar-refractivity contribution in [3.8, 4) is 11.6 Å². The van der Waals surface area contributed by atoms with Gasteiger partial charge in [0.05, 0.1) is 5.69 Å². The third-order valence-corrected chi connectivity index (χ3v) is 3.94. The molecule has 0 bridgehead atoms. The van der Waals surface area contributed by atoms with Crippen LogP contribution >= 0.6 is 0 Å². The Bertz CT molecular complexity index is 945. The number of rotatable bonds is 8. The highest BCUT2D eigenvalue weighted by atomic mass is 19.4. The Hall–Kier alpha value is -3.11. The number of alkyl halides is 3. The van der Waals surface area contributed by atoms with Crippen LogP contribution in [0.3, 0.4) is 0 Å². The van der Waals surface area contributed by atoms with Gasteiger partial charge in [-0.15, -0.1) is 13.2 Å². The quantitative estimate of drug-likeness (QED) is 0.536. The third kappa shape index (κ3) is 4.99. The highest BCUT2D eigenvalue weighted by Gasteiger charge is 2.32. The Morgan fingerprint density at radius 3 is 2.57 bits per heavy atom. The van der Waals surface area contributed by atoms with Crippen LogP contribution in [-0.4, -0.2) is 31.8 Å². The van der Waals surface area contributed by atoms with Gasteiger partial charge in [-0.2, -0.15) is 9.97 Å². The van der Waals surface area contributed by atoms with Gasteiger partial charge in [0, 0.05) is 0 Å². The molecule has 0 unspecified atom stereocenters. The van der Waals surface area contributed by atoms with Crippen molar-refractivity contribution in [1.82, 2.24) is 20.3 Å². The Balaban J connectivity index is 1.86. The van der Waals surface area contributed by atoms with E-state index in [-0.39, 0.29) is 22.8 Å². The fourth-order valence-electron chi connectivity index (χ4n) is 2.63. The van der Waals surface area contributed by atoms with Crippen LogP contribution in [0.5, 0.6) is 11.6 Å². The molecule has 0 radical (unpaired) electrons. The van der Waals surface area contributed by atoms with E-state index in [1.807, 2.05) is 0 Å². The summed E-state index contributed by atoms with van der Waals surface area (Å²) in [6, 6.07) is 4.45. The van der Waals surface area contributed by atoms with Crippen LogP contribution < -0.4 is 10.1 Å². The number of unbranched alkanes of at least 4 members (excludes halogenated alkanes) is 3. The molecule has 3 aromatic rings. The van der Waals surface area contributed by atoms with Gasteiger partial charge in [-0.25, -0.2) is 4.63 Å². The Kier molecular flexibility index (Phi) is 5.81. The molecule has 2 aromatic heterocycles. The first-order valence-corrected chi connectivity index (χ1v) is 8.70. The first-order chi connectivity index (χ1) is 13.4. The average Bonchev–Trinajstić information content (AvgIpc) is 3.06. The number of anilines is 2. The van der Waals surface area contributed by atoms with E-state index in [0.717, 1.165) is 25.7 Å². The zero-order chi connectivity index (χ0) is 20.1. The lowest BCUT2D eigenvalue weighted by molar-refractivity contribution is -0.274. The van der Waals surface area contributed by atoms with E-state index in [4.69, 9.17) is 0 Å². The smallest absolute Gasteiger partial charge is 0.491 e. The maximum Gasteiger partial charge on any atom is 0.573 e. The lowest BCUT2D eigenvalue weighted by Crippen LogP contribution is -2.18. The summed E-state index contributed by atoms with van der Waals surface area (Å²) < 4.78 is 47.1. The summed E-state index contributed by atoms with van der Waals surface area (Å²) in [6.45, 7) is 2.08. The Morgan fingerprint density at radius 2 is 1.86 bits per heavy atom. The average molecular weight is 397 g/mol. The summed E-state index contributed by atoms with van der Waals surface area (Å²) in [5.41, 5.74) is 0.644. The maximum atomic E-state index is 12.8. The normalized spacial score (nSPS) is 11.7. The van der Waals surface area contributed by atoms with Crippen LogP contribution in [0.25, 0.3) is 11.3 Å². The van der Waals surface area contributed by atoms with Crippen molar-refractivity contribution in [3.63, 3.8) is 0 Å². The minimum atomic E-state index is -4.87. The van der Waals surface area contributed by atoms with Crippen molar-refractivity contribution in [2.75, 3.05) is 5.32 Å². The van der Waals surface area contributed by atoms with E-state index < -0.39 is 18.0 Å². The molecule has 1 aromatic carbocycles. The van der Waals surface area contributed by atoms with Crippen LogP contribution in [-0.2, 0) is 6.42 Å². The number of halogens is 3. The Morgan fingerprint density at radius 1 is 1.11 bits per heavy atom. The van der Waals surface area contributed by atoms with Gasteiger partial charge in [0.1, 0.15) is 0 Å². The van der Waals surface area contributed by atoms with E-state index in [1.54, 1.807) is 6.07 Å². The molecule has 3 rings (SSSR count). The topological polar surface area (TPSA) is 106 Å². The zero-order valence-electron chi connectivity index (χ0n) is 15.0. The minimum absolute atomic E-state index is 0.00821. The molecule has 150 valence electrons. The second-order valence-electron chi connectivity index (χ2n) is 6.12. The molecule has 28 heavy (non-hydrogen) atoms. The van der Waals surface area contributed by atoms with Gasteiger partial charge >= 0.3 is 6.36 Å². The van der Waals surface area contributed by atoms with Crippen molar-refractivity contribution in [3.05, 3.63) is 23.8 Å². The fraction of sp³-hybridized carbons (Fsp3) is 0.412. The van der Waals surface area contributed by atoms with Gasteiger partial charge < -0.3 is 15.2 Å². The molecule has 0 amide bonds. The first-order valence-electron chi connectivity index (χ1n) is 8.70. The molecule has 0 aliphatic heterocycles. The zero-order valence-corrected chi connectivity index (χ0v) is 15.0. The highest BCUT2D eigenvalue weighted by Crippen LogP contribution is 2.35. The largest absolute Gasteiger partial charge is 0.573 e. The molecule has 11 heteroatoms. The van der Waals surface area contributed by atoms with E-state index in [9.17, 15) is 18.3 Å². The number of nitrogens with zero attached hydrogens (tertiary/aromatic N) is 4. The molecule has 2 heterocycles. The number of fused-ring (bicyclic) bond motifs is 1. The molecule has 0 aliphatic carbocycles. The van der Waals surface area contributed by atoms with E-state index in [0.29, 0.717) is 12.0 Å². The van der Waals surface area contributed by atoms with Crippen LogP contribution in [0.1, 0.15) is 38.2 Å². The highest BCUT2D eigenvalue weighted by molar-refractivity contribution is 5.73. The monoisotopic (exact) mass is 397 g/mol. The van der Waals surface area contributed by atoms with Gasteiger partial charge in [0.25, 0.3) is 5.88 Å². The number of nitrogens with one attached hydrogen (secondary N) is 1. The van der Waals surface area contributed by atoms with Crippen molar-refractivity contribution >= 4 is 22.8 Å². The number of aromatic nitrogens is 4. The lowest BCUT2D eigenvalue weighted by atomic mass is 10.1.